The van der Waals surface area contributed by atoms with Crippen molar-refractivity contribution in [1.29, 1.82) is 0 Å². The van der Waals surface area contributed by atoms with Crippen molar-refractivity contribution in [2.24, 2.45) is 0 Å². The fourth-order valence-corrected chi connectivity index (χ4v) is 1.02. The van der Waals surface area contributed by atoms with Gasteiger partial charge in [0.05, 0.1) is 5.56 Å². The molecule has 0 amide bonds. The summed E-state index contributed by atoms with van der Waals surface area (Å²) >= 11 is 0. The van der Waals surface area contributed by atoms with Gasteiger partial charge in [-0.15, -0.1) is 0 Å². The van der Waals surface area contributed by atoms with Crippen molar-refractivity contribution in [2.45, 2.75) is 0 Å². The number of carbonyl (C=O) groups is 1. The Labute approximate surface area is 80.7 Å². The Kier molecular flexibility index (Phi) is 2.27. The summed E-state index contributed by atoms with van der Waals surface area (Å²) in [4.78, 5) is 20.2. The van der Waals surface area contributed by atoms with Gasteiger partial charge in [0.25, 0.3) is 0 Å². The minimum atomic E-state index is -0.399. The fraction of sp³-hybridized carbons (Fsp3) is 0. The second-order valence-electron chi connectivity index (χ2n) is 2.66. The molecule has 14 heavy (non-hydrogen) atoms. The van der Waals surface area contributed by atoms with Gasteiger partial charge in [-0.3, -0.25) is 4.98 Å². The third-order valence-electron chi connectivity index (χ3n) is 1.68. The van der Waals surface area contributed by atoms with Crippen LogP contribution in [0.15, 0.2) is 49.1 Å². The summed E-state index contributed by atoms with van der Waals surface area (Å²) in [6.45, 7) is 0. The van der Waals surface area contributed by atoms with Crippen molar-refractivity contribution >= 4 is 5.97 Å². The Morgan fingerprint density at radius 2 is 1.86 bits per heavy atom. The van der Waals surface area contributed by atoms with E-state index < -0.39 is 5.97 Å². The molecule has 0 aromatic carbocycles. The maximum Gasteiger partial charge on any atom is 0.363 e. The first-order chi connectivity index (χ1) is 6.86. The summed E-state index contributed by atoms with van der Waals surface area (Å²) in [5.74, 6) is -0.399. The average Bonchev–Trinajstić information content (AvgIpc) is 2.72. The second-order valence-corrected chi connectivity index (χ2v) is 2.66. The van der Waals surface area contributed by atoms with Gasteiger partial charge >= 0.3 is 5.97 Å². The molecule has 0 fully saturated rings. The van der Waals surface area contributed by atoms with Crippen LogP contribution in [0.2, 0.25) is 0 Å². The summed E-state index contributed by atoms with van der Waals surface area (Å²) < 4.78 is 1.35. The van der Waals surface area contributed by atoms with Gasteiger partial charge < -0.3 is 4.84 Å². The van der Waals surface area contributed by atoms with Crippen molar-refractivity contribution in [3.05, 3.63) is 54.6 Å². The summed E-state index contributed by atoms with van der Waals surface area (Å²) in [7, 11) is 0. The van der Waals surface area contributed by atoms with E-state index in [9.17, 15) is 4.79 Å². The van der Waals surface area contributed by atoms with Gasteiger partial charge in [-0.1, -0.05) is 0 Å². The van der Waals surface area contributed by atoms with Gasteiger partial charge in [-0.05, 0) is 24.3 Å². The first kappa shape index (κ1) is 8.50. The zero-order valence-electron chi connectivity index (χ0n) is 7.33. The maximum absolute atomic E-state index is 11.4. The molecule has 0 radical (unpaired) electrons. The van der Waals surface area contributed by atoms with Crippen molar-refractivity contribution < 1.29 is 9.63 Å². The highest BCUT2D eigenvalue weighted by molar-refractivity contribution is 5.89. The molecule has 2 aromatic rings. The summed E-state index contributed by atoms with van der Waals surface area (Å²) in [5, 5.41) is 0. The third-order valence-corrected chi connectivity index (χ3v) is 1.68. The highest BCUT2D eigenvalue weighted by Gasteiger charge is 2.06. The number of rotatable bonds is 2. The molecule has 2 rings (SSSR count). The van der Waals surface area contributed by atoms with Crippen LogP contribution in [0.3, 0.4) is 0 Å². The molecule has 2 aromatic heterocycles. The maximum atomic E-state index is 11.4. The van der Waals surface area contributed by atoms with E-state index >= 15 is 0 Å². The first-order valence-electron chi connectivity index (χ1n) is 4.12. The molecule has 2 heterocycles. The van der Waals surface area contributed by atoms with Gasteiger partial charge in [0, 0.05) is 24.8 Å². The summed E-state index contributed by atoms with van der Waals surface area (Å²) in [5.41, 5.74) is 0.480. The number of aromatic nitrogens is 2. The van der Waals surface area contributed by atoms with Gasteiger partial charge in [0.15, 0.2) is 0 Å². The van der Waals surface area contributed by atoms with Crippen LogP contribution in [0, 0.1) is 0 Å². The van der Waals surface area contributed by atoms with Gasteiger partial charge in [-0.2, -0.15) is 4.73 Å². The predicted octanol–water partition coefficient (Wildman–Crippen LogP) is 1.15. The van der Waals surface area contributed by atoms with E-state index in [1.807, 2.05) is 0 Å². The van der Waals surface area contributed by atoms with Gasteiger partial charge in [0.1, 0.15) is 0 Å². The molecule has 0 unspecified atom stereocenters. The zero-order chi connectivity index (χ0) is 9.80. The van der Waals surface area contributed by atoms with Crippen molar-refractivity contribution in [2.75, 3.05) is 0 Å². The van der Waals surface area contributed by atoms with Crippen LogP contribution in [0.25, 0.3) is 0 Å². The lowest BCUT2D eigenvalue weighted by molar-refractivity contribution is 0.0463. The SMILES string of the molecule is O=C(On1cccc1)c1ccncc1. The average molecular weight is 188 g/mol. The normalized spacial score (nSPS) is 9.71. The molecule has 0 spiro atoms. The summed E-state index contributed by atoms with van der Waals surface area (Å²) in [6, 6.07) is 6.76. The van der Waals surface area contributed by atoms with Gasteiger partial charge in [0.2, 0.25) is 0 Å². The molecule has 0 N–H and O–H groups in total. The fourth-order valence-electron chi connectivity index (χ4n) is 1.02. The predicted molar refractivity (Wildman–Crippen MR) is 49.6 cm³/mol. The molecule has 0 aliphatic rings. The number of nitrogens with zero attached hydrogens (tertiary/aromatic N) is 2. The van der Waals surface area contributed by atoms with E-state index in [2.05, 4.69) is 4.98 Å². The number of hydrogen-bond acceptors (Lipinski definition) is 3. The van der Waals surface area contributed by atoms with Crippen molar-refractivity contribution in [3.8, 4) is 0 Å². The molecular weight excluding hydrogens is 180 g/mol. The second kappa shape index (κ2) is 3.74. The molecule has 4 heteroatoms. The smallest absolute Gasteiger partial charge is 0.332 e. The molecule has 0 saturated heterocycles. The Hall–Kier alpha value is -2.10. The molecule has 70 valence electrons. The first-order valence-corrected chi connectivity index (χ1v) is 4.12. The Bertz CT molecular complexity index is 409. The third kappa shape index (κ3) is 1.80. The molecule has 0 atom stereocenters. The number of pyridine rings is 1. The Morgan fingerprint density at radius 3 is 2.50 bits per heavy atom. The monoisotopic (exact) mass is 188 g/mol. The van der Waals surface area contributed by atoms with E-state index in [-0.39, 0.29) is 0 Å². The number of carbonyl (C=O) groups excluding carboxylic acids is 1. The largest absolute Gasteiger partial charge is 0.363 e. The van der Waals surface area contributed by atoms with Crippen LogP contribution in [0.4, 0.5) is 0 Å². The minimum Gasteiger partial charge on any atom is -0.332 e. The molecular formula is C10H8N2O2. The minimum absolute atomic E-state index is 0.399. The Morgan fingerprint density at radius 1 is 1.21 bits per heavy atom. The van der Waals surface area contributed by atoms with E-state index in [1.54, 1.807) is 49.1 Å². The van der Waals surface area contributed by atoms with Crippen LogP contribution < -0.4 is 4.84 Å². The van der Waals surface area contributed by atoms with E-state index in [0.717, 1.165) is 0 Å². The van der Waals surface area contributed by atoms with Crippen LogP contribution in [-0.4, -0.2) is 15.7 Å². The Balaban J connectivity index is 2.11. The lowest BCUT2D eigenvalue weighted by Crippen LogP contribution is -2.18. The lowest BCUT2D eigenvalue weighted by atomic mass is 10.3. The standard InChI is InChI=1S/C10H8N2O2/c13-10(9-3-5-11-6-4-9)14-12-7-1-2-8-12/h1-8H. The van der Waals surface area contributed by atoms with Crippen molar-refractivity contribution in [3.63, 3.8) is 0 Å². The van der Waals surface area contributed by atoms with Crippen LogP contribution in [0.1, 0.15) is 10.4 Å². The quantitative estimate of drug-likeness (QED) is 0.710. The molecule has 4 nitrogen and oxygen atoms in total. The van der Waals surface area contributed by atoms with E-state index in [1.165, 1.54) is 4.73 Å². The molecule has 0 saturated carbocycles. The molecule has 0 bridgehead atoms. The topological polar surface area (TPSA) is 44.1 Å². The van der Waals surface area contributed by atoms with E-state index in [4.69, 9.17) is 4.84 Å². The van der Waals surface area contributed by atoms with Crippen molar-refractivity contribution in [1.82, 2.24) is 9.71 Å². The molecule has 0 aliphatic heterocycles. The van der Waals surface area contributed by atoms with E-state index in [0.29, 0.717) is 5.56 Å². The highest BCUT2D eigenvalue weighted by Crippen LogP contribution is 1.97. The summed E-state index contributed by atoms with van der Waals surface area (Å²) in [6.07, 6.45) is 6.40. The van der Waals surface area contributed by atoms with Crippen LogP contribution in [0.5, 0.6) is 0 Å². The van der Waals surface area contributed by atoms with Crippen LogP contribution in [-0.2, 0) is 0 Å². The van der Waals surface area contributed by atoms with Crippen LogP contribution >= 0.6 is 0 Å². The number of hydrogen-bond donors (Lipinski definition) is 0. The van der Waals surface area contributed by atoms with Gasteiger partial charge in [-0.25, -0.2) is 4.79 Å². The molecule has 0 aliphatic carbocycles. The lowest BCUT2D eigenvalue weighted by Gasteiger charge is -2.02. The highest BCUT2D eigenvalue weighted by atomic mass is 16.7. The zero-order valence-corrected chi connectivity index (χ0v) is 7.33.